The van der Waals surface area contributed by atoms with Crippen LogP contribution in [0, 0.1) is 35.5 Å². The average molecular weight is 761 g/mol. The largest absolute Gasteiger partial charge is 0.378 e. The molecule has 8 fully saturated rings. The van der Waals surface area contributed by atoms with Crippen molar-refractivity contribution in [1.82, 2.24) is 0 Å². The molecule has 8 aliphatic carbocycles. The van der Waals surface area contributed by atoms with E-state index in [4.69, 9.17) is 4.18 Å². The lowest BCUT2D eigenvalue weighted by molar-refractivity contribution is 0.389. The maximum Gasteiger partial charge on any atom is 0.339 e. The minimum absolute atomic E-state index is 0.00627. The Labute approximate surface area is 318 Å². The Kier molecular flexibility index (Phi) is 9.14. The van der Waals surface area contributed by atoms with Gasteiger partial charge in [-0.1, -0.05) is 69.9 Å². The summed E-state index contributed by atoms with van der Waals surface area (Å²) in [6.45, 7) is 0. The van der Waals surface area contributed by atoms with Crippen LogP contribution in [0.2, 0.25) is 0 Å². The van der Waals surface area contributed by atoms with Crippen molar-refractivity contribution in [3.05, 3.63) is 52.1 Å². The third kappa shape index (κ3) is 6.45. The molecule has 2 aromatic carbocycles. The predicted molar refractivity (Wildman–Crippen MR) is 207 cm³/mol. The molecule has 9 unspecified atom stereocenters. The summed E-state index contributed by atoms with van der Waals surface area (Å²) in [4.78, 5) is 0.367. The summed E-state index contributed by atoms with van der Waals surface area (Å²) in [6.07, 6.45) is 24.4. The number of benzene rings is 2. The summed E-state index contributed by atoms with van der Waals surface area (Å²) < 4.78 is 74.2. The zero-order valence-electron chi connectivity index (χ0n) is 31.5. The molecule has 8 aliphatic rings. The minimum Gasteiger partial charge on any atom is -0.378 e. The molecule has 2 aromatic rings. The molecule has 0 aromatic heterocycles. The quantitative estimate of drug-likeness (QED) is 0.202. The Balaban J connectivity index is 1.16. The van der Waals surface area contributed by atoms with Crippen molar-refractivity contribution < 1.29 is 25.6 Å². The van der Waals surface area contributed by atoms with E-state index in [-0.39, 0.29) is 28.6 Å². The van der Waals surface area contributed by atoms with E-state index in [1.54, 1.807) is 12.1 Å². The van der Waals surface area contributed by atoms with Gasteiger partial charge in [-0.3, -0.25) is 4.55 Å². The average Bonchev–Trinajstić information content (AvgIpc) is 4.04. The van der Waals surface area contributed by atoms with Crippen LogP contribution in [0.3, 0.4) is 0 Å². The highest BCUT2D eigenvalue weighted by Crippen LogP contribution is 2.60. The lowest BCUT2D eigenvalue weighted by atomic mass is 9.75. The predicted octanol–water partition coefficient (Wildman–Crippen LogP) is 11.5. The highest BCUT2D eigenvalue weighted by Gasteiger charge is 2.48. The third-order valence-electron chi connectivity index (χ3n) is 16.6. The second-order valence-corrected chi connectivity index (χ2v) is 22.4. The highest BCUT2D eigenvalue weighted by molar-refractivity contribution is 7.87. The summed E-state index contributed by atoms with van der Waals surface area (Å²) in [5.74, 6) is 5.35. The first-order valence-corrected chi connectivity index (χ1v) is 24.7. The lowest BCUT2D eigenvalue weighted by Crippen LogP contribution is -2.24. The molecule has 6 bridgehead atoms. The van der Waals surface area contributed by atoms with Gasteiger partial charge in [0.2, 0.25) is 0 Å². The molecule has 0 amide bonds. The first-order chi connectivity index (χ1) is 25.6. The molecule has 53 heavy (non-hydrogen) atoms. The van der Waals surface area contributed by atoms with Crippen molar-refractivity contribution in [3.63, 3.8) is 0 Å². The summed E-state index contributed by atoms with van der Waals surface area (Å²) in [5, 5.41) is 0. The van der Waals surface area contributed by atoms with Gasteiger partial charge in [-0.15, -0.1) is 0 Å². The number of hydrogen-bond acceptors (Lipinski definition) is 5. The second-order valence-electron chi connectivity index (χ2n) is 19.5. The summed E-state index contributed by atoms with van der Waals surface area (Å²) in [7, 11) is -8.82. The zero-order valence-corrected chi connectivity index (χ0v) is 33.2. The van der Waals surface area contributed by atoms with Gasteiger partial charge in [0.1, 0.15) is 10.6 Å². The standard InChI is InChI=1S/C45H60O6S2/c46-52(47,48)36-25-40(30-7-3-1-4-8-30)44(41(26-36)31-9-5-2-6-10-31)51-53(49,50)45-42(38-21-28-12-15-33(38)18-28)23-35(37-20-27-11-14-32(37)17-27)24-43(45)39-22-29-13-16-34(39)19-29/h23-34,37-39H,1-22H2,(H,46,47,48). The maximum atomic E-state index is 15.7. The minimum atomic E-state index is -4.51. The Hall–Kier alpha value is -1.90. The molecule has 6 nitrogen and oxygen atoms in total. The third-order valence-corrected chi connectivity index (χ3v) is 18.7. The molecule has 10 rings (SSSR count). The molecule has 1 N–H and O–H groups in total. The van der Waals surface area contributed by atoms with Gasteiger partial charge in [0.05, 0.1) is 4.90 Å². The Morgan fingerprint density at radius 2 is 0.925 bits per heavy atom. The molecular formula is C45H60O6S2. The van der Waals surface area contributed by atoms with Gasteiger partial charge in [0, 0.05) is 11.1 Å². The molecule has 9 atom stereocenters. The van der Waals surface area contributed by atoms with Crippen LogP contribution in [0.5, 0.6) is 5.75 Å². The van der Waals surface area contributed by atoms with E-state index in [0.29, 0.717) is 51.4 Å². The SMILES string of the molecule is O=S(=O)(O)c1cc(C2CCCCC2)c(OS(=O)(=O)c2c(C3CC4CCC3C4)cc(C3CC4CCC3C4)cc2C2CC3CCC2C3)c(C2CCCCC2)c1. The van der Waals surface area contributed by atoms with E-state index in [9.17, 15) is 13.0 Å². The molecule has 0 aliphatic heterocycles. The van der Waals surface area contributed by atoms with Crippen LogP contribution in [0.4, 0.5) is 0 Å². The summed E-state index contributed by atoms with van der Waals surface area (Å²) in [5.41, 5.74) is 4.87. The van der Waals surface area contributed by atoms with Crippen LogP contribution in [0.25, 0.3) is 0 Å². The van der Waals surface area contributed by atoms with Crippen molar-refractivity contribution in [1.29, 1.82) is 0 Å². The number of hydrogen-bond donors (Lipinski definition) is 1. The highest BCUT2D eigenvalue weighted by atomic mass is 32.2. The molecule has 8 heteroatoms. The number of rotatable bonds is 9. The monoisotopic (exact) mass is 760 g/mol. The van der Waals surface area contributed by atoms with Gasteiger partial charge in [0.15, 0.2) is 0 Å². The Morgan fingerprint density at radius 3 is 1.30 bits per heavy atom. The van der Waals surface area contributed by atoms with Crippen molar-refractivity contribution >= 4 is 20.2 Å². The summed E-state index contributed by atoms with van der Waals surface area (Å²) >= 11 is 0. The Bertz CT molecular complexity index is 1870. The van der Waals surface area contributed by atoms with Crippen LogP contribution in [0.15, 0.2) is 34.1 Å². The fourth-order valence-electron chi connectivity index (χ4n) is 14.1. The molecule has 0 saturated heterocycles. The molecule has 0 heterocycles. The number of fused-ring (bicyclic) bond motifs is 6. The van der Waals surface area contributed by atoms with E-state index in [2.05, 4.69) is 12.1 Å². The smallest absolute Gasteiger partial charge is 0.339 e. The van der Waals surface area contributed by atoms with Crippen LogP contribution >= 0.6 is 0 Å². The van der Waals surface area contributed by atoms with Crippen molar-refractivity contribution in [3.8, 4) is 5.75 Å². The van der Waals surface area contributed by atoms with Gasteiger partial charge in [-0.25, -0.2) is 0 Å². The molecule has 0 radical (unpaired) electrons. The molecule has 0 spiro atoms. The molecular weight excluding hydrogens is 701 g/mol. The van der Waals surface area contributed by atoms with Gasteiger partial charge >= 0.3 is 10.1 Å². The van der Waals surface area contributed by atoms with E-state index in [1.165, 1.54) is 69.8 Å². The van der Waals surface area contributed by atoms with Crippen molar-refractivity contribution in [2.75, 3.05) is 0 Å². The van der Waals surface area contributed by atoms with Gasteiger partial charge in [-0.05, 0) is 177 Å². The Morgan fingerprint density at radius 1 is 0.491 bits per heavy atom. The second kappa shape index (κ2) is 13.6. The van der Waals surface area contributed by atoms with E-state index < -0.39 is 20.2 Å². The van der Waals surface area contributed by atoms with E-state index in [1.807, 2.05) is 0 Å². The molecule has 288 valence electrons. The molecule has 8 saturated carbocycles. The van der Waals surface area contributed by atoms with Crippen molar-refractivity contribution in [2.24, 2.45) is 35.5 Å². The maximum absolute atomic E-state index is 15.7. The van der Waals surface area contributed by atoms with E-state index >= 15 is 8.42 Å². The normalized spacial score (nSPS) is 35.8. The van der Waals surface area contributed by atoms with Gasteiger partial charge in [-0.2, -0.15) is 16.8 Å². The van der Waals surface area contributed by atoms with Gasteiger partial charge < -0.3 is 4.18 Å². The van der Waals surface area contributed by atoms with Gasteiger partial charge in [0.25, 0.3) is 10.1 Å². The van der Waals surface area contributed by atoms with Crippen LogP contribution in [0.1, 0.15) is 199 Å². The lowest BCUT2D eigenvalue weighted by Gasteiger charge is -2.33. The van der Waals surface area contributed by atoms with Crippen LogP contribution < -0.4 is 4.18 Å². The zero-order chi connectivity index (χ0) is 36.1. The topological polar surface area (TPSA) is 97.7 Å². The first-order valence-electron chi connectivity index (χ1n) is 21.9. The summed E-state index contributed by atoms with van der Waals surface area (Å²) in [6, 6.07) is 7.90. The van der Waals surface area contributed by atoms with Crippen LogP contribution in [-0.4, -0.2) is 21.4 Å². The van der Waals surface area contributed by atoms with Crippen molar-refractivity contribution in [2.45, 2.75) is 181 Å². The van der Waals surface area contributed by atoms with E-state index in [0.717, 1.165) is 100 Å². The fraction of sp³-hybridized carbons (Fsp3) is 0.733. The fourth-order valence-corrected chi connectivity index (χ4v) is 16.2. The van der Waals surface area contributed by atoms with Crippen LogP contribution in [-0.2, 0) is 20.2 Å². The first kappa shape index (κ1) is 35.5.